The van der Waals surface area contributed by atoms with E-state index in [1.54, 1.807) is 0 Å². The van der Waals surface area contributed by atoms with Crippen LogP contribution in [0.2, 0.25) is 0 Å². The number of rotatable bonds is 8. The summed E-state index contributed by atoms with van der Waals surface area (Å²) in [6, 6.07) is 26.2. The standard InChI is InChI=1S/C33H40N2O/c1-23(2)20-34-32(36)19-29(26-15-17-27(18-16-26)33(4,5)6)30-22-35(31-10-8-7-9-28(30)31)21-25-13-11-24(3)12-14-25/h7-18,22-23,29H,19-21H2,1-6H3,(H,34,36)/t29-/m1/s1. The molecule has 1 N–H and O–H groups in total. The van der Waals surface area contributed by atoms with Gasteiger partial charge >= 0.3 is 0 Å². The molecule has 0 spiro atoms. The summed E-state index contributed by atoms with van der Waals surface area (Å²) in [5.41, 5.74) is 7.52. The van der Waals surface area contributed by atoms with Crippen molar-refractivity contribution in [3.05, 3.63) is 107 Å². The van der Waals surface area contributed by atoms with Crippen molar-refractivity contribution in [1.29, 1.82) is 0 Å². The fourth-order valence-electron chi connectivity index (χ4n) is 4.77. The van der Waals surface area contributed by atoms with Crippen LogP contribution in [0.1, 0.15) is 74.8 Å². The van der Waals surface area contributed by atoms with Gasteiger partial charge in [0, 0.05) is 42.5 Å². The summed E-state index contributed by atoms with van der Waals surface area (Å²) in [6.07, 6.45) is 2.70. The van der Waals surface area contributed by atoms with Gasteiger partial charge in [-0.25, -0.2) is 0 Å². The Labute approximate surface area is 216 Å². The van der Waals surface area contributed by atoms with Crippen LogP contribution in [0.5, 0.6) is 0 Å². The van der Waals surface area contributed by atoms with Crippen molar-refractivity contribution < 1.29 is 4.79 Å². The van der Waals surface area contributed by atoms with Crippen molar-refractivity contribution in [3.63, 3.8) is 0 Å². The van der Waals surface area contributed by atoms with Crippen LogP contribution in [0.15, 0.2) is 79.0 Å². The number of hydrogen-bond donors (Lipinski definition) is 1. The summed E-state index contributed by atoms with van der Waals surface area (Å²) in [7, 11) is 0. The second kappa shape index (κ2) is 10.7. The Morgan fingerprint density at radius 2 is 1.58 bits per heavy atom. The Balaban J connectivity index is 1.76. The third kappa shape index (κ3) is 6.07. The molecule has 0 radical (unpaired) electrons. The maximum absolute atomic E-state index is 13.1. The van der Waals surface area contributed by atoms with Gasteiger partial charge in [-0.1, -0.05) is 107 Å². The van der Waals surface area contributed by atoms with E-state index in [0.717, 1.165) is 6.54 Å². The third-order valence-corrected chi connectivity index (χ3v) is 6.94. The Hall–Kier alpha value is -3.33. The lowest BCUT2D eigenvalue weighted by Crippen LogP contribution is -2.28. The number of fused-ring (bicyclic) bond motifs is 1. The summed E-state index contributed by atoms with van der Waals surface area (Å²) < 4.78 is 2.33. The minimum atomic E-state index is -0.0182. The highest BCUT2D eigenvalue weighted by Gasteiger charge is 2.24. The molecule has 0 fully saturated rings. The van der Waals surface area contributed by atoms with Crippen LogP contribution < -0.4 is 5.32 Å². The molecule has 0 aliphatic heterocycles. The molecule has 3 heteroatoms. The molecule has 1 amide bonds. The molecule has 1 heterocycles. The number of para-hydroxylation sites is 1. The lowest BCUT2D eigenvalue weighted by molar-refractivity contribution is -0.121. The Morgan fingerprint density at radius 3 is 2.22 bits per heavy atom. The molecule has 0 aliphatic carbocycles. The van der Waals surface area contributed by atoms with Gasteiger partial charge in [-0.15, -0.1) is 0 Å². The van der Waals surface area contributed by atoms with Crippen LogP contribution in [-0.4, -0.2) is 17.0 Å². The molecule has 0 saturated heterocycles. The van der Waals surface area contributed by atoms with Gasteiger partial charge in [0.2, 0.25) is 5.91 Å². The molecule has 3 nitrogen and oxygen atoms in total. The third-order valence-electron chi connectivity index (χ3n) is 6.94. The molecule has 0 unspecified atom stereocenters. The van der Waals surface area contributed by atoms with E-state index in [2.05, 4.69) is 130 Å². The maximum atomic E-state index is 13.1. The van der Waals surface area contributed by atoms with Crippen molar-refractivity contribution in [3.8, 4) is 0 Å². The normalized spacial score (nSPS) is 12.8. The SMILES string of the molecule is Cc1ccc(Cn2cc([C@H](CC(=O)NCC(C)C)c3ccc(C(C)(C)C)cc3)c3ccccc32)cc1. The summed E-state index contributed by atoms with van der Waals surface area (Å²) in [6.45, 7) is 14.6. The highest BCUT2D eigenvalue weighted by atomic mass is 16.1. The molecule has 3 aromatic carbocycles. The molecule has 1 aromatic heterocycles. The summed E-state index contributed by atoms with van der Waals surface area (Å²) in [4.78, 5) is 13.1. The van der Waals surface area contributed by atoms with Crippen molar-refractivity contribution in [2.24, 2.45) is 5.92 Å². The first-order valence-corrected chi connectivity index (χ1v) is 13.1. The lowest BCUT2D eigenvalue weighted by atomic mass is 9.83. The van der Waals surface area contributed by atoms with Gasteiger partial charge in [0.15, 0.2) is 0 Å². The highest BCUT2D eigenvalue weighted by Crippen LogP contribution is 2.36. The zero-order valence-corrected chi connectivity index (χ0v) is 22.6. The number of nitrogens with zero attached hydrogens (tertiary/aromatic N) is 1. The van der Waals surface area contributed by atoms with E-state index < -0.39 is 0 Å². The number of carbonyl (C=O) groups excluding carboxylic acids is 1. The number of nitrogens with one attached hydrogen (secondary N) is 1. The van der Waals surface area contributed by atoms with Crippen LogP contribution in [0.4, 0.5) is 0 Å². The predicted octanol–water partition coefficient (Wildman–Crippen LogP) is 7.59. The zero-order valence-electron chi connectivity index (χ0n) is 22.6. The highest BCUT2D eigenvalue weighted by molar-refractivity contribution is 5.86. The van der Waals surface area contributed by atoms with Crippen molar-refractivity contribution in [1.82, 2.24) is 9.88 Å². The van der Waals surface area contributed by atoms with E-state index in [0.29, 0.717) is 18.9 Å². The van der Waals surface area contributed by atoms with Gasteiger partial charge < -0.3 is 9.88 Å². The van der Waals surface area contributed by atoms with Gasteiger partial charge in [0.1, 0.15) is 0 Å². The van der Waals surface area contributed by atoms with Gasteiger partial charge in [-0.3, -0.25) is 4.79 Å². The largest absolute Gasteiger partial charge is 0.356 e. The number of amides is 1. The van der Waals surface area contributed by atoms with Crippen LogP contribution >= 0.6 is 0 Å². The molecule has 0 bridgehead atoms. The number of hydrogen-bond acceptors (Lipinski definition) is 1. The number of carbonyl (C=O) groups is 1. The van der Waals surface area contributed by atoms with E-state index >= 15 is 0 Å². The number of aromatic nitrogens is 1. The topological polar surface area (TPSA) is 34.0 Å². The summed E-state index contributed by atoms with van der Waals surface area (Å²) >= 11 is 0. The van der Waals surface area contributed by atoms with Crippen molar-refractivity contribution >= 4 is 16.8 Å². The molecule has 0 saturated carbocycles. The first kappa shape index (κ1) is 25.8. The number of benzene rings is 3. The number of aryl methyl sites for hydroxylation is 1. The predicted molar refractivity (Wildman–Crippen MR) is 152 cm³/mol. The van der Waals surface area contributed by atoms with E-state index in [4.69, 9.17) is 0 Å². The molecular weight excluding hydrogens is 440 g/mol. The molecule has 1 atom stereocenters. The minimum absolute atomic E-state index is 0.0182. The summed E-state index contributed by atoms with van der Waals surface area (Å²) in [5.74, 6) is 0.509. The van der Waals surface area contributed by atoms with Gasteiger partial charge in [-0.2, -0.15) is 0 Å². The monoisotopic (exact) mass is 480 g/mol. The van der Waals surface area contributed by atoms with Crippen molar-refractivity contribution in [2.45, 2.75) is 65.8 Å². The Bertz CT molecular complexity index is 1300. The fourth-order valence-corrected chi connectivity index (χ4v) is 4.77. The second-order valence-electron chi connectivity index (χ2n) is 11.5. The van der Waals surface area contributed by atoms with E-state index in [9.17, 15) is 4.79 Å². The minimum Gasteiger partial charge on any atom is -0.356 e. The molecule has 188 valence electrons. The van der Waals surface area contributed by atoms with Gasteiger partial charge in [0.05, 0.1) is 0 Å². The van der Waals surface area contributed by atoms with Gasteiger partial charge in [0.25, 0.3) is 0 Å². The fraction of sp³-hybridized carbons (Fsp3) is 0.364. The van der Waals surface area contributed by atoms with Crippen LogP contribution in [-0.2, 0) is 16.8 Å². The molecule has 36 heavy (non-hydrogen) atoms. The van der Waals surface area contributed by atoms with Gasteiger partial charge in [-0.05, 0) is 46.6 Å². The average molecular weight is 481 g/mol. The molecular formula is C33H40N2O. The zero-order chi connectivity index (χ0) is 25.9. The van der Waals surface area contributed by atoms with E-state index in [1.165, 1.54) is 38.7 Å². The lowest BCUT2D eigenvalue weighted by Gasteiger charge is -2.22. The second-order valence-corrected chi connectivity index (χ2v) is 11.5. The van der Waals surface area contributed by atoms with E-state index in [-0.39, 0.29) is 17.2 Å². The summed E-state index contributed by atoms with van der Waals surface area (Å²) in [5, 5.41) is 4.36. The Kier molecular flexibility index (Phi) is 7.68. The molecule has 4 rings (SSSR count). The maximum Gasteiger partial charge on any atom is 0.220 e. The first-order chi connectivity index (χ1) is 17.1. The molecule has 0 aliphatic rings. The van der Waals surface area contributed by atoms with Crippen LogP contribution in [0.3, 0.4) is 0 Å². The van der Waals surface area contributed by atoms with Crippen LogP contribution in [0, 0.1) is 12.8 Å². The average Bonchev–Trinajstić information content (AvgIpc) is 3.20. The first-order valence-electron chi connectivity index (χ1n) is 13.1. The quantitative estimate of drug-likeness (QED) is 0.277. The molecule has 4 aromatic rings. The van der Waals surface area contributed by atoms with Crippen molar-refractivity contribution in [2.75, 3.05) is 6.54 Å². The van der Waals surface area contributed by atoms with E-state index in [1.807, 2.05) is 0 Å². The van der Waals surface area contributed by atoms with Crippen LogP contribution in [0.25, 0.3) is 10.9 Å². The smallest absolute Gasteiger partial charge is 0.220 e. The Morgan fingerprint density at radius 1 is 0.917 bits per heavy atom.